The van der Waals surface area contributed by atoms with Gasteiger partial charge in [0.05, 0.1) is 23.7 Å². The van der Waals surface area contributed by atoms with Gasteiger partial charge in [-0.3, -0.25) is 4.79 Å². The third-order valence-corrected chi connectivity index (χ3v) is 13.6. The summed E-state index contributed by atoms with van der Waals surface area (Å²) in [5.74, 6) is 1.39. The number of H-pyrrole nitrogens is 1. The van der Waals surface area contributed by atoms with Crippen LogP contribution in [0.15, 0.2) is 36.5 Å². The number of pyridine rings is 1. The number of hydrogen-bond acceptors (Lipinski definition) is 6. The number of nitrogen functional groups attached to an aromatic ring is 1. The molecule has 0 radical (unpaired) electrons. The number of aliphatic carboxylic acids is 1. The molecule has 1 saturated carbocycles. The molecule has 10 unspecified atom stereocenters. The summed E-state index contributed by atoms with van der Waals surface area (Å²) in [5, 5.41) is 44.6. The molecule has 8 nitrogen and oxygen atoms in total. The van der Waals surface area contributed by atoms with Crippen LogP contribution in [-0.4, -0.2) is 54.2 Å². The quantitative estimate of drug-likeness (QED) is 0.0588. The lowest BCUT2D eigenvalue weighted by atomic mass is 9.73. The first-order valence-electron chi connectivity index (χ1n) is 21.3. The van der Waals surface area contributed by atoms with E-state index >= 15 is 0 Å². The van der Waals surface area contributed by atoms with E-state index in [-0.39, 0.29) is 30.3 Å². The van der Waals surface area contributed by atoms with Crippen LogP contribution < -0.4 is 5.73 Å². The Hall–Kier alpha value is -2.68. The lowest BCUT2D eigenvalue weighted by Gasteiger charge is -2.32. The van der Waals surface area contributed by atoms with Gasteiger partial charge in [-0.25, -0.2) is 4.98 Å². The Morgan fingerprint density at radius 1 is 1.06 bits per heavy atom. The lowest BCUT2D eigenvalue weighted by Crippen LogP contribution is -2.37. The van der Waals surface area contributed by atoms with E-state index < -0.39 is 23.6 Å². The Morgan fingerprint density at radius 2 is 1.85 bits per heavy atom. The minimum Gasteiger partial charge on any atom is -0.481 e. The van der Waals surface area contributed by atoms with Gasteiger partial charge in [0.2, 0.25) is 0 Å². The van der Waals surface area contributed by atoms with Crippen LogP contribution in [-0.2, 0) is 24.1 Å². The van der Waals surface area contributed by atoms with E-state index in [9.17, 15) is 25.2 Å². The van der Waals surface area contributed by atoms with E-state index in [0.29, 0.717) is 48.8 Å². The number of allylic oxidation sites excluding steroid dienone is 1. The van der Waals surface area contributed by atoms with Crippen molar-refractivity contribution in [3.8, 4) is 0 Å². The predicted octanol–water partition coefficient (Wildman–Crippen LogP) is 8.78. The fourth-order valence-electron chi connectivity index (χ4n) is 10.5. The third-order valence-electron chi connectivity index (χ3n) is 13.6. The number of nitrogens with one attached hydrogen (secondary N) is 1. The van der Waals surface area contributed by atoms with Crippen molar-refractivity contribution in [1.29, 1.82) is 0 Å². The molecule has 0 saturated heterocycles. The highest BCUT2D eigenvalue weighted by molar-refractivity contribution is 5.70. The molecule has 53 heavy (non-hydrogen) atoms. The summed E-state index contributed by atoms with van der Waals surface area (Å²) >= 11 is 0. The van der Waals surface area contributed by atoms with Crippen LogP contribution in [0.3, 0.4) is 0 Å². The highest BCUT2D eigenvalue weighted by Crippen LogP contribution is 2.47. The van der Waals surface area contributed by atoms with Crippen LogP contribution >= 0.6 is 0 Å². The lowest BCUT2D eigenvalue weighted by molar-refractivity contribution is -0.146. The van der Waals surface area contributed by atoms with Crippen molar-refractivity contribution in [3.63, 3.8) is 0 Å². The highest BCUT2D eigenvalue weighted by atomic mass is 16.4. The van der Waals surface area contributed by atoms with Gasteiger partial charge < -0.3 is 31.1 Å². The number of aromatic amines is 1. The number of nitrogens with zero attached hydrogens (tertiary/aromatic N) is 1. The molecule has 0 aromatic carbocycles. The number of anilines is 1. The van der Waals surface area contributed by atoms with E-state index in [1.807, 2.05) is 12.1 Å². The van der Waals surface area contributed by atoms with E-state index in [1.54, 1.807) is 6.20 Å². The van der Waals surface area contributed by atoms with Gasteiger partial charge in [-0.15, -0.1) is 0 Å². The van der Waals surface area contributed by atoms with Crippen LogP contribution in [0.1, 0.15) is 152 Å². The zero-order valence-corrected chi connectivity index (χ0v) is 33.2. The first-order valence-corrected chi connectivity index (χ1v) is 21.3. The number of carboxylic acids is 1. The first kappa shape index (κ1) is 41.5. The Labute approximate surface area is 319 Å². The summed E-state index contributed by atoms with van der Waals surface area (Å²) in [5.41, 5.74) is 10.0. The van der Waals surface area contributed by atoms with Crippen LogP contribution in [0.25, 0.3) is 0 Å². The molecule has 296 valence electrons. The van der Waals surface area contributed by atoms with E-state index in [0.717, 1.165) is 69.8 Å². The van der Waals surface area contributed by atoms with E-state index in [1.165, 1.54) is 42.6 Å². The van der Waals surface area contributed by atoms with Gasteiger partial charge >= 0.3 is 5.97 Å². The van der Waals surface area contributed by atoms with Gasteiger partial charge in [-0.05, 0) is 142 Å². The average Bonchev–Trinajstić information content (AvgIpc) is 3.66. The van der Waals surface area contributed by atoms with Crippen molar-refractivity contribution in [2.45, 2.75) is 167 Å². The smallest absolute Gasteiger partial charge is 0.309 e. The number of carboxylic acid groups (broad SMARTS) is 1. The first-order chi connectivity index (χ1) is 25.4. The van der Waals surface area contributed by atoms with Crippen LogP contribution in [0, 0.1) is 41.4 Å². The molecule has 7 N–H and O–H groups in total. The highest BCUT2D eigenvalue weighted by Gasteiger charge is 2.46. The molecule has 2 heterocycles. The maximum absolute atomic E-state index is 12.4. The second kappa shape index (κ2) is 19.3. The Kier molecular flexibility index (Phi) is 15.1. The SMILES string of the molecule is CCCCCC1C=CC(CCCCCC(C(=O)O)C(O)CCC2(O)CC(Cc3ccnc(N)c3)CC2Cc2cc3c([nH]2)CCC(C(C)C)C3C)C(O)C1. The molecule has 3 aliphatic carbocycles. The number of aryl methyl sites for hydroxylation is 1. The summed E-state index contributed by atoms with van der Waals surface area (Å²) in [4.78, 5) is 20.3. The molecule has 8 heteroatoms. The minimum absolute atomic E-state index is 0.00530. The summed E-state index contributed by atoms with van der Waals surface area (Å²) in [7, 11) is 0. The summed E-state index contributed by atoms with van der Waals surface area (Å²) in [6.07, 6.45) is 20.3. The molecule has 0 spiro atoms. The molecule has 3 aliphatic rings. The van der Waals surface area contributed by atoms with Crippen molar-refractivity contribution < 1.29 is 25.2 Å². The number of aliphatic hydroxyl groups is 3. The molecule has 1 fully saturated rings. The van der Waals surface area contributed by atoms with Crippen LogP contribution in [0.5, 0.6) is 0 Å². The number of fused-ring (bicyclic) bond motifs is 1. The summed E-state index contributed by atoms with van der Waals surface area (Å²) in [6, 6.07) is 6.25. The average molecular weight is 734 g/mol. The minimum atomic E-state index is -1.02. The third kappa shape index (κ3) is 11.2. The number of aliphatic hydroxyl groups excluding tert-OH is 2. The molecule has 2 aromatic heterocycles. The zero-order valence-electron chi connectivity index (χ0n) is 33.2. The molecule has 0 amide bonds. The molecule has 10 atom stereocenters. The second-order valence-electron chi connectivity index (χ2n) is 17.9. The zero-order chi connectivity index (χ0) is 38.1. The molecule has 0 bridgehead atoms. The molecule has 0 aliphatic heterocycles. The van der Waals surface area contributed by atoms with Gasteiger partial charge in [0.1, 0.15) is 5.82 Å². The number of rotatable bonds is 20. The van der Waals surface area contributed by atoms with E-state index in [2.05, 4.69) is 55.9 Å². The van der Waals surface area contributed by atoms with Gasteiger partial charge in [0.15, 0.2) is 0 Å². The number of nitrogens with two attached hydrogens (primary N) is 1. The molecular formula is C45H71N3O5. The standard InChI is InChI=1S/C45H71N3O5/c1-5-6-8-11-31-14-15-34(42(50)24-31)12-9-7-10-13-38(44(51)52)41(49)18-20-45(53)28-33(22-32-19-21-47-43(46)25-32)23-35(45)26-36-27-39-30(4)37(29(2)3)16-17-40(39)48-36/h14-15,19,21,25,27,29-31,33-35,37-38,41-42,48-50,53H,5-13,16-18,20,22-24,26,28H2,1-4H3,(H2,46,47)(H,51,52). The van der Waals surface area contributed by atoms with Crippen molar-refractivity contribution in [3.05, 3.63) is 59.1 Å². The summed E-state index contributed by atoms with van der Waals surface area (Å²) < 4.78 is 0. The number of aromatic nitrogens is 2. The number of unbranched alkanes of at least 4 members (excludes halogenated alkanes) is 4. The predicted molar refractivity (Wildman–Crippen MR) is 213 cm³/mol. The van der Waals surface area contributed by atoms with E-state index in [4.69, 9.17) is 5.73 Å². The van der Waals surface area contributed by atoms with Gasteiger partial charge in [-0.1, -0.05) is 78.4 Å². The van der Waals surface area contributed by atoms with Crippen molar-refractivity contribution in [2.24, 2.45) is 41.4 Å². The monoisotopic (exact) mass is 734 g/mol. The van der Waals surface area contributed by atoms with Gasteiger partial charge in [0, 0.05) is 23.5 Å². The Balaban J connectivity index is 1.16. The van der Waals surface area contributed by atoms with Crippen molar-refractivity contribution in [2.75, 3.05) is 5.73 Å². The Bertz CT molecular complexity index is 1470. The molecule has 2 aromatic rings. The molecular weight excluding hydrogens is 663 g/mol. The van der Waals surface area contributed by atoms with Crippen LogP contribution in [0.2, 0.25) is 0 Å². The maximum atomic E-state index is 12.4. The van der Waals surface area contributed by atoms with Crippen molar-refractivity contribution in [1.82, 2.24) is 9.97 Å². The number of hydrogen-bond donors (Lipinski definition) is 6. The molecule has 5 rings (SSSR count). The topological polar surface area (TPSA) is 153 Å². The van der Waals surface area contributed by atoms with Crippen molar-refractivity contribution >= 4 is 11.8 Å². The Morgan fingerprint density at radius 3 is 2.57 bits per heavy atom. The maximum Gasteiger partial charge on any atom is 0.309 e. The normalized spacial score (nSPS) is 29.7. The van der Waals surface area contributed by atoms with Gasteiger partial charge in [-0.2, -0.15) is 0 Å². The fourth-order valence-corrected chi connectivity index (χ4v) is 10.5. The largest absolute Gasteiger partial charge is 0.481 e. The van der Waals surface area contributed by atoms with Gasteiger partial charge in [0.25, 0.3) is 0 Å². The van der Waals surface area contributed by atoms with Crippen LogP contribution in [0.4, 0.5) is 5.82 Å². The fraction of sp³-hybridized carbons (Fsp3) is 0.733. The summed E-state index contributed by atoms with van der Waals surface area (Å²) in [6.45, 7) is 9.21. The number of carbonyl (C=O) groups is 1. The second-order valence-corrected chi connectivity index (χ2v) is 17.9.